The molecule has 0 aromatic heterocycles. The fourth-order valence-electron chi connectivity index (χ4n) is 6.87. The van der Waals surface area contributed by atoms with Crippen molar-refractivity contribution in [2.75, 3.05) is 7.05 Å². The van der Waals surface area contributed by atoms with E-state index < -0.39 is 0 Å². The molecule has 2 atom stereocenters. The van der Waals surface area contributed by atoms with Crippen molar-refractivity contribution in [3.63, 3.8) is 0 Å². The van der Waals surface area contributed by atoms with Gasteiger partial charge in [0.1, 0.15) is 0 Å². The molecular formula is C54H57N. The number of benzene rings is 3. The molecule has 3 aromatic carbocycles. The first-order chi connectivity index (χ1) is 26.7. The average molecular weight is 720 g/mol. The molecule has 278 valence electrons. The third kappa shape index (κ3) is 11.8. The molecule has 0 aliphatic heterocycles. The van der Waals surface area contributed by atoms with E-state index in [1.165, 1.54) is 39.0 Å². The molecule has 0 spiro atoms. The molecule has 1 nitrogen and oxygen atoms in total. The summed E-state index contributed by atoms with van der Waals surface area (Å²) < 4.78 is 0. The first-order valence-electron chi connectivity index (χ1n) is 19.7. The monoisotopic (exact) mass is 719 g/mol. The lowest BCUT2D eigenvalue weighted by molar-refractivity contribution is 0.669. The molecule has 0 radical (unpaired) electrons. The Bertz CT molecular complexity index is 2160. The van der Waals surface area contributed by atoms with Crippen LogP contribution in [-0.4, -0.2) is 12.8 Å². The Morgan fingerprint density at radius 1 is 0.764 bits per heavy atom. The topological polar surface area (TPSA) is 12.4 Å². The summed E-state index contributed by atoms with van der Waals surface area (Å²) in [6.07, 6.45) is 38.6. The maximum atomic E-state index is 4.57. The van der Waals surface area contributed by atoms with E-state index in [0.717, 1.165) is 52.8 Å². The lowest BCUT2D eigenvalue weighted by atomic mass is 9.90. The molecule has 2 aliphatic rings. The number of aliphatic imine (C=N–C) groups is 1. The molecule has 55 heavy (non-hydrogen) atoms. The Hall–Kier alpha value is -5.79. The van der Waals surface area contributed by atoms with E-state index >= 15 is 0 Å². The molecule has 2 aliphatic carbocycles. The van der Waals surface area contributed by atoms with E-state index in [4.69, 9.17) is 0 Å². The second kappa shape index (κ2) is 20.6. The Morgan fingerprint density at radius 3 is 2.09 bits per heavy atom. The first kappa shape index (κ1) is 40.4. The van der Waals surface area contributed by atoms with Crippen LogP contribution < -0.4 is 0 Å². The van der Waals surface area contributed by atoms with Gasteiger partial charge in [0.05, 0.1) is 5.71 Å². The van der Waals surface area contributed by atoms with Crippen LogP contribution in [-0.2, 0) is 0 Å². The second-order valence-corrected chi connectivity index (χ2v) is 14.5. The van der Waals surface area contributed by atoms with Crippen LogP contribution >= 0.6 is 0 Å². The van der Waals surface area contributed by atoms with E-state index in [2.05, 4.69) is 216 Å². The predicted octanol–water partition coefficient (Wildman–Crippen LogP) is 14.8. The molecule has 0 heterocycles. The summed E-state index contributed by atoms with van der Waals surface area (Å²) >= 11 is 0. The van der Waals surface area contributed by atoms with Gasteiger partial charge < -0.3 is 0 Å². The molecule has 0 saturated carbocycles. The normalized spacial score (nSPS) is 19.2. The molecule has 0 fully saturated rings. The van der Waals surface area contributed by atoms with Gasteiger partial charge in [0, 0.05) is 7.05 Å². The van der Waals surface area contributed by atoms with Gasteiger partial charge in [-0.1, -0.05) is 184 Å². The molecule has 5 rings (SSSR count). The first-order valence-corrected chi connectivity index (χ1v) is 19.7. The number of allylic oxidation sites excluding steroid dienone is 22. The van der Waals surface area contributed by atoms with Crippen LogP contribution in [0.4, 0.5) is 0 Å². The molecule has 1 heteroatoms. The van der Waals surface area contributed by atoms with Crippen LogP contribution in [0.15, 0.2) is 204 Å². The molecule has 0 N–H and O–H groups in total. The highest BCUT2D eigenvalue weighted by Crippen LogP contribution is 2.28. The predicted molar refractivity (Wildman–Crippen MR) is 244 cm³/mol. The van der Waals surface area contributed by atoms with Gasteiger partial charge >= 0.3 is 0 Å². The Morgan fingerprint density at radius 2 is 1.44 bits per heavy atom. The van der Waals surface area contributed by atoms with Crippen molar-refractivity contribution in [1.82, 2.24) is 0 Å². The summed E-state index contributed by atoms with van der Waals surface area (Å²) in [6.45, 7) is 15.6. The van der Waals surface area contributed by atoms with Gasteiger partial charge in [-0.05, 0) is 131 Å². The average Bonchev–Trinajstić information content (AvgIpc) is 3.22. The molecule has 0 amide bonds. The molecular weight excluding hydrogens is 663 g/mol. The number of hydrogen-bond donors (Lipinski definition) is 0. The van der Waals surface area contributed by atoms with Crippen LogP contribution in [0.5, 0.6) is 0 Å². The molecule has 2 unspecified atom stereocenters. The van der Waals surface area contributed by atoms with E-state index in [0.29, 0.717) is 11.8 Å². The van der Waals surface area contributed by atoms with Crippen LogP contribution in [0, 0.1) is 11.8 Å². The van der Waals surface area contributed by atoms with Crippen molar-refractivity contribution >= 4 is 28.5 Å². The van der Waals surface area contributed by atoms with E-state index in [1.54, 1.807) is 0 Å². The van der Waals surface area contributed by atoms with Crippen LogP contribution in [0.3, 0.4) is 0 Å². The van der Waals surface area contributed by atoms with Gasteiger partial charge in [0.2, 0.25) is 0 Å². The summed E-state index contributed by atoms with van der Waals surface area (Å²) in [5.41, 5.74) is 15.3. The standard InChI is InChI=1S/C54H57N/c1-8-47(53-25-16-15-18-42(53)4)24-17-19-40(2)52(38-43(5)49-31-29-48(30-32-49)41(3)26-27-45-20-11-9-12-21-45)39-44(6)50-33-35-51(36-34-50)54(55-7)37-28-46-22-13-10-14-23-46/h9-20,22-26,28-39,42,45H,5,8,21,27H2,1-4,6-7H3/b24-17-,37-28-,40-19+,41-26+,44-39+,52-38+,53-47+,55-54?. The summed E-state index contributed by atoms with van der Waals surface area (Å²) in [6, 6.07) is 27.9. The lowest BCUT2D eigenvalue weighted by Crippen LogP contribution is -1.99. The van der Waals surface area contributed by atoms with Gasteiger partial charge in [0.25, 0.3) is 0 Å². The van der Waals surface area contributed by atoms with E-state index in [9.17, 15) is 0 Å². The number of rotatable bonds is 14. The van der Waals surface area contributed by atoms with Crippen molar-refractivity contribution in [1.29, 1.82) is 0 Å². The van der Waals surface area contributed by atoms with Gasteiger partial charge in [-0.2, -0.15) is 0 Å². The number of nitrogens with zero attached hydrogens (tertiary/aromatic N) is 1. The van der Waals surface area contributed by atoms with E-state index in [-0.39, 0.29) is 0 Å². The summed E-state index contributed by atoms with van der Waals surface area (Å²) in [7, 11) is 1.85. The smallest absolute Gasteiger partial charge is 0.0643 e. The highest BCUT2D eigenvalue weighted by molar-refractivity contribution is 6.10. The Labute approximate surface area is 331 Å². The van der Waals surface area contributed by atoms with Gasteiger partial charge in [-0.25, -0.2) is 0 Å². The summed E-state index contributed by atoms with van der Waals surface area (Å²) in [4.78, 5) is 4.57. The zero-order valence-corrected chi connectivity index (χ0v) is 33.7. The molecule has 0 bridgehead atoms. The fraction of sp³-hybridized carbons (Fsp3) is 0.204. The highest BCUT2D eigenvalue weighted by Gasteiger charge is 2.10. The van der Waals surface area contributed by atoms with Crippen molar-refractivity contribution in [3.8, 4) is 0 Å². The van der Waals surface area contributed by atoms with Crippen molar-refractivity contribution in [2.24, 2.45) is 16.8 Å². The maximum absolute atomic E-state index is 4.57. The minimum Gasteiger partial charge on any atom is -0.288 e. The zero-order valence-electron chi connectivity index (χ0n) is 33.7. The highest BCUT2D eigenvalue weighted by atomic mass is 14.7. The van der Waals surface area contributed by atoms with Crippen LogP contribution in [0.1, 0.15) is 81.7 Å². The third-order valence-corrected chi connectivity index (χ3v) is 10.4. The number of hydrogen-bond acceptors (Lipinski definition) is 1. The van der Waals surface area contributed by atoms with E-state index in [1.807, 2.05) is 13.1 Å². The van der Waals surface area contributed by atoms with Crippen LogP contribution in [0.25, 0.3) is 22.8 Å². The van der Waals surface area contributed by atoms with Gasteiger partial charge in [-0.15, -0.1) is 0 Å². The third-order valence-electron chi connectivity index (χ3n) is 10.4. The van der Waals surface area contributed by atoms with Crippen LogP contribution in [0.2, 0.25) is 0 Å². The largest absolute Gasteiger partial charge is 0.288 e. The molecule has 0 saturated heterocycles. The van der Waals surface area contributed by atoms with Gasteiger partial charge in [-0.3, -0.25) is 4.99 Å². The summed E-state index contributed by atoms with van der Waals surface area (Å²) in [5, 5.41) is 0. The Kier molecular flexibility index (Phi) is 15.1. The Balaban J connectivity index is 1.41. The van der Waals surface area contributed by atoms with Crippen molar-refractivity contribution < 1.29 is 0 Å². The SMILES string of the molecule is C=C(/C=C(\C=C(/C)c1ccc(C(/C=C\c2ccccc2)=NC)cc1)C(/C)=C/C=C\C(CC)=C1/C=CC=CC1C)c1ccc(/C(C)=C/CC2C=CC=CC2)cc1. The quantitative estimate of drug-likeness (QED) is 0.116. The van der Waals surface area contributed by atoms with Crippen molar-refractivity contribution in [2.45, 2.75) is 53.9 Å². The lowest BCUT2D eigenvalue weighted by Gasteiger charge is -2.15. The molecule has 3 aromatic rings. The minimum absolute atomic E-state index is 0.419. The minimum atomic E-state index is 0.419. The maximum Gasteiger partial charge on any atom is 0.0643 e. The summed E-state index contributed by atoms with van der Waals surface area (Å²) in [5.74, 6) is 1.00. The van der Waals surface area contributed by atoms with Gasteiger partial charge in [0.15, 0.2) is 0 Å². The van der Waals surface area contributed by atoms with Crippen molar-refractivity contribution in [3.05, 3.63) is 227 Å². The fourth-order valence-corrected chi connectivity index (χ4v) is 6.87. The second-order valence-electron chi connectivity index (χ2n) is 14.5. The zero-order chi connectivity index (χ0) is 39.0.